The van der Waals surface area contributed by atoms with Crippen molar-refractivity contribution in [2.75, 3.05) is 11.9 Å². The molecule has 0 spiro atoms. The van der Waals surface area contributed by atoms with Crippen molar-refractivity contribution >= 4 is 5.69 Å². The van der Waals surface area contributed by atoms with E-state index in [-0.39, 0.29) is 11.6 Å². The number of nitrogens with zero attached hydrogens (tertiary/aromatic N) is 1. The van der Waals surface area contributed by atoms with Gasteiger partial charge in [-0.25, -0.2) is 8.78 Å². The predicted octanol–water partition coefficient (Wildman–Crippen LogP) is 3.96. The quantitative estimate of drug-likeness (QED) is 0.921. The van der Waals surface area contributed by atoms with Gasteiger partial charge in [-0.3, -0.25) is 0 Å². The molecule has 2 aromatic rings. The molecule has 0 bridgehead atoms. The average molecular weight is 291 g/mol. The molecule has 2 nitrogen and oxygen atoms in total. The molecule has 0 amide bonds. The highest BCUT2D eigenvalue weighted by atomic mass is 19.1. The SMILES string of the molecule is Cc1cc(N(C)Cc2ccccc2F)c([C@H](C)O)cc1F. The third-order valence-electron chi connectivity index (χ3n) is 3.53. The van der Waals surface area contributed by atoms with Gasteiger partial charge in [-0.2, -0.15) is 0 Å². The topological polar surface area (TPSA) is 23.5 Å². The van der Waals surface area contributed by atoms with E-state index in [0.717, 1.165) is 0 Å². The van der Waals surface area contributed by atoms with E-state index in [0.29, 0.717) is 28.9 Å². The van der Waals surface area contributed by atoms with Crippen molar-refractivity contribution in [2.45, 2.75) is 26.5 Å². The molecule has 0 heterocycles. The summed E-state index contributed by atoms with van der Waals surface area (Å²) < 4.78 is 27.4. The smallest absolute Gasteiger partial charge is 0.128 e. The van der Waals surface area contributed by atoms with Gasteiger partial charge in [-0.1, -0.05) is 18.2 Å². The maximum Gasteiger partial charge on any atom is 0.128 e. The molecule has 0 aliphatic carbocycles. The normalized spacial score (nSPS) is 12.3. The van der Waals surface area contributed by atoms with Crippen LogP contribution >= 0.6 is 0 Å². The van der Waals surface area contributed by atoms with Crippen molar-refractivity contribution in [3.63, 3.8) is 0 Å². The number of aryl methyl sites for hydroxylation is 1. The Morgan fingerprint density at radius 2 is 1.81 bits per heavy atom. The first-order valence-corrected chi connectivity index (χ1v) is 6.82. The molecule has 2 rings (SSSR count). The van der Waals surface area contributed by atoms with Gasteiger partial charge in [0.15, 0.2) is 0 Å². The second kappa shape index (κ2) is 6.22. The van der Waals surface area contributed by atoms with Gasteiger partial charge in [0.1, 0.15) is 11.6 Å². The lowest BCUT2D eigenvalue weighted by atomic mass is 10.0. The van der Waals surface area contributed by atoms with Gasteiger partial charge in [0.25, 0.3) is 0 Å². The van der Waals surface area contributed by atoms with Gasteiger partial charge >= 0.3 is 0 Å². The molecule has 0 aromatic heterocycles. The molecule has 21 heavy (non-hydrogen) atoms. The summed E-state index contributed by atoms with van der Waals surface area (Å²) in [6, 6.07) is 9.56. The molecule has 0 unspecified atom stereocenters. The van der Waals surface area contributed by atoms with Crippen molar-refractivity contribution in [3.05, 3.63) is 64.7 Å². The Labute approximate surface area is 123 Å². The fourth-order valence-corrected chi connectivity index (χ4v) is 2.31. The zero-order valence-corrected chi connectivity index (χ0v) is 12.4. The summed E-state index contributed by atoms with van der Waals surface area (Å²) in [6.07, 6.45) is -0.793. The Bertz CT molecular complexity index is 641. The fourth-order valence-electron chi connectivity index (χ4n) is 2.31. The molecular formula is C17H19F2NO. The number of hydrogen-bond donors (Lipinski definition) is 1. The van der Waals surface area contributed by atoms with Crippen LogP contribution in [-0.2, 0) is 6.54 Å². The van der Waals surface area contributed by atoms with Crippen LogP contribution in [0, 0.1) is 18.6 Å². The summed E-state index contributed by atoms with van der Waals surface area (Å²) in [5.74, 6) is -0.629. The van der Waals surface area contributed by atoms with Crippen molar-refractivity contribution < 1.29 is 13.9 Å². The minimum absolute atomic E-state index is 0.276. The van der Waals surface area contributed by atoms with Crippen LogP contribution in [0.25, 0.3) is 0 Å². The second-order valence-corrected chi connectivity index (χ2v) is 5.28. The molecule has 0 saturated carbocycles. The van der Waals surface area contributed by atoms with Crippen LogP contribution in [0.3, 0.4) is 0 Å². The first-order chi connectivity index (χ1) is 9.90. The van der Waals surface area contributed by atoms with Crippen LogP contribution in [0.2, 0.25) is 0 Å². The lowest BCUT2D eigenvalue weighted by molar-refractivity contribution is 0.199. The molecule has 0 aliphatic heterocycles. The molecule has 0 aliphatic rings. The highest BCUT2D eigenvalue weighted by molar-refractivity contribution is 5.56. The molecule has 1 N–H and O–H groups in total. The summed E-state index contributed by atoms with van der Waals surface area (Å²) in [5.41, 5.74) is 2.25. The minimum Gasteiger partial charge on any atom is -0.389 e. The molecule has 2 aromatic carbocycles. The van der Waals surface area contributed by atoms with E-state index in [1.165, 1.54) is 12.1 Å². The Balaban J connectivity index is 2.37. The van der Waals surface area contributed by atoms with Gasteiger partial charge in [0, 0.05) is 30.4 Å². The van der Waals surface area contributed by atoms with Gasteiger partial charge in [0.05, 0.1) is 6.10 Å². The van der Waals surface area contributed by atoms with Crippen molar-refractivity contribution in [1.29, 1.82) is 0 Å². The summed E-state index contributed by atoms with van der Waals surface area (Å²) in [6.45, 7) is 3.60. The third kappa shape index (κ3) is 3.39. The first-order valence-electron chi connectivity index (χ1n) is 6.82. The number of halogens is 2. The molecule has 4 heteroatoms. The molecule has 0 saturated heterocycles. The van der Waals surface area contributed by atoms with Crippen LogP contribution < -0.4 is 4.90 Å². The Hall–Kier alpha value is -1.94. The molecule has 0 fully saturated rings. The number of benzene rings is 2. The van der Waals surface area contributed by atoms with E-state index in [9.17, 15) is 13.9 Å². The van der Waals surface area contributed by atoms with E-state index in [4.69, 9.17) is 0 Å². The highest BCUT2D eigenvalue weighted by Gasteiger charge is 2.16. The van der Waals surface area contributed by atoms with Gasteiger partial charge in [0.2, 0.25) is 0 Å². The number of rotatable bonds is 4. The standard InChI is InChI=1S/C17H19F2NO/c1-11-8-17(14(12(2)21)9-16(11)19)20(3)10-13-6-4-5-7-15(13)18/h4-9,12,21H,10H2,1-3H3/t12-/m0/s1. The molecular weight excluding hydrogens is 272 g/mol. The summed E-state index contributed by atoms with van der Waals surface area (Å²) in [5, 5.41) is 9.82. The van der Waals surface area contributed by atoms with Crippen molar-refractivity contribution in [1.82, 2.24) is 0 Å². The monoisotopic (exact) mass is 291 g/mol. The lowest BCUT2D eigenvalue weighted by Gasteiger charge is -2.25. The minimum atomic E-state index is -0.793. The van der Waals surface area contributed by atoms with E-state index < -0.39 is 6.10 Å². The largest absolute Gasteiger partial charge is 0.389 e. The van der Waals surface area contributed by atoms with Crippen molar-refractivity contribution in [2.24, 2.45) is 0 Å². The van der Waals surface area contributed by atoms with Gasteiger partial charge in [-0.05, 0) is 37.6 Å². The first kappa shape index (κ1) is 15.4. The predicted molar refractivity (Wildman–Crippen MR) is 80.3 cm³/mol. The van der Waals surface area contributed by atoms with E-state index in [1.807, 2.05) is 4.90 Å². The summed E-state index contributed by atoms with van der Waals surface area (Å²) >= 11 is 0. The van der Waals surface area contributed by atoms with Crippen LogP contribution in [0.4, 0.5) is 14.5 Å². The summed E-state index contributed by atoms with van der Waals surface area (Å²) in [7, 11) is 1.80. The van der Waals surface area contributed by atoms with Crippen LogP contribution in [0.1, 0.15) is 29.7 Å². The molecule has 1 atom stereocenters. The van der Waals surface area contributed by atoms with Crippen molar-refractivity contribution in [3.8, 4) is 0 Å². The molecule has 112 valence electrons. The van der Waals surface area contributed by atoms with Gasteiger partial charge in [-0.15, -0.1) is 0 Å². The Morgan fingerprint density at radius 3 is 2.43 bits per heavy atom. The van der Waals surface area contributed by atoms with Crippen LogP contribution in [0.15, 0.2) is 36.4 Å². The number of anilines is 1. The number of aliphatic hydroxyl groups is 1. The maximum absolute atomic E-state index is 13.7. The number of aliphatic hydroxyl groups excluding tert-OH is 1. The van der Waals surface area contributed by atoms with E-state index in [1.54, 1.807) is 45.2 Å². The summed E-state index contributed by atoms with van der Waals surface area (Å²) in [4.78, 5) is 1.81. The Morgan fingerprint density at radius 1 is 1.14 bits per heavy atom. The van der Waals surface area contributed by atoms with Crippen LogP contribution in [-0.4, -0.2) is 12.2 Å². The maximum atomic E-state index is 13.7. The molecule has 0 radical (unpaired) electrons. The second-order valence-electron chi connectivity index (χ2n) is 5.28. The third-order valence-corrected chi connectivity index (χ3v) is 3.53. The van der Waals surface area contributed by atoms with Gasteiger partial charge < -0.3 is 10.0 Å². The lowest BCUT2D eigenvalue weighted by Crippen LogP contribution is -2.20. The number of hydrogen-bond acceptors (Lipinski definition) is 2. The average Bonchev–Trinajstić information content (AvgIpc) is 2.43. The van der Waals surface area contributed by atoms with E-state index in [2.05, 4.69) is 0 Å². The zero-order chi connectivity index (χ0) is 15.6. The highest BCUT2D eigenvalue weighted by Crippen LogP contribution is 2.29. The van der Waals surface area contributed by atoms with E-state index >= 15 is 0 Å². The Kier molecular flexibility index (Phi) is 4.58. The van der Waals surface area contributed by atoms with Crippen LogP contribution in [0.5, 0.6) is 0 Å². The zero-order valence-electron chi connectivity index (χ0n) is 12.4. The fraction of sp³-hybridized carbons (Fsp3) is 0.294.